The fraction of sp³-hybridized carbons (Fsp3) is 0.185. The molecule has 1 unspecified atom stereocenters. The third-order valence-electron chi connectivity index (χ3n) is 5.91. The topological polar surface area (TPSA) is 78.2 Å². The zero-order valence-electron chi connectivity index (χ0n) is 19.4. The van der Waals surface area contributed by atoms with Gasteiger partial charge in [0.15, 0.2) is 17.3 Å². The fourth-order valence-corrected chi connectivity index (χ4v) is 5.40. The molecular formula is C27H23NO6S. The molecule has 4 aromatic rings. The van der Waals surface area contributed by atoms with Crippen molar-refractivity contribution in [1.82, 2.24) is 0 Å². The number of hydrogen-bond acceptors (Lipinski definition) is 7. The number of carbonyl (C=O) groups excluding carboxylic acids is 1. The Kier molecular flexibility index (Phi) is 6.13. The summed E-state index contributed by atoms with van der Waals surface area (Å²) in [5.41, 5.74) is 2.36. The molecule has 1 atom stereocenters. The molecule has 5 rings (SSSR count). The van der Waals surface area contributed by atoms with Crippen LogP contribution in [0.2, 0.25) is 0 Å². The predicted molar refractivity (Wildman–Crippen MR) is 137 cm³/mol. The summed E-state index contributed by atoms with van der Waals surface area (Å²) in [5.74, 6) is 1.96. The summed E-state index contributed by atoms with van der Waals surface area (Å²) in [6.45, 7) is 0. The van der Waals surface area contributed by atoms with Crippen molar-refractivity contribution in [3.63, 3.8) is 0 Å². The highest BCUT2D eigenvalue weighted by molar-refractivity contribution is 8.00. The minimum atomic E-state index is -0.295. The molecule has 0 spiro atoms. The van der Waals surface area contributed by atoms with Crippen LogP contribution in [-0.2, 0) is 4.79 Å². The second-order valence-corrected chi connectivity index (χ2v) is 8.95. The van der Waals surface area contributed by atoms with Crippen molar-refractivity contribution in [2.75, 3.05) is 32.0 Å². The van der Waals surface area contributed by atoms with Gasteiger partial charge in [-0.05, 0) is 35.9 Å². The molecular weight excluding hydrogens is 466 g/mol. The maximum Gasteiger partial charge on any atom is 0.238 e. The van der Waals surface area contributed by atoms with E-state index in [2.05, 4.69) is 0 Å². The average molecular weight is 490 g/mol. The van der Waals surface area contributed by atoms with Gasteiger partial charge in [-0.25, -0.2) is 0 Å². The quantitative estimate of drug-likeness (QED) is 0.365. The Balaban J connectivity index is 1.60. The molecule has 178 valence electrons. The van der Waals surface area contributed by atoms with Crippen LogP contribution in [0.25, 0.3) is 22.3 Å². The van der Waals surface area contributed by atoms with Crippen molar-refractivity contribution >= 4 is 34.3 Å². The molecule has 0 bridgehead atoms. The number of thioether (sulfide) groups is 1. The maximum atomic E-state index is 13.4. The van der Waals surface area contributed by atoms with Gasteiger partial charge in [0.05, 0.1) is 32.5 Å². The molecule has 8 heteroatoms. The normalized spacial score (nSPS) is 15.5. The second kappa shape index (κ2) is 9.38. The van der Waals surface area contributed by atoms with Crippen LogP contribution in [0.15, 0.2) is 75.9 Å². The lowest BCUT2D eigenvalue weighted by Crippen LogP contribution is -2.28. The number of carbonyl (C=O) groups is 1. The molecule has 0 aliphatic carbocycles. The highest BCUT2D eigenvalue weighted by Crippen LogP contribution is 2.44. The van der Waals surface area contributed by atoms with Gasteiger partial charge >= 0.3 is 0 Å². The molecule has 1 fully saturated rings. The third kappa shape index (κ3) is 4.00. The van der Waals surface area contributed by atoms with E-state index in [4.69, 9.17) is 18.6 Å². The van der Waals surface area contributed by atoms with Crippen LogP contribution in [0.4, 0.5) is 5.69 Å². The van der Waals surface area contributed by atoms with E-state index >= 15 is 0 Å². The summed E-state index contributed by atoms with van der Waals surface area (Å²) in [6.07, 6.45) is 0. The molecule has 0 N–H and O–H groups in total. The summed E-state index contributed by atoms with van der Waals surface area (Å²) in [4.78, 5) is 28.0. The molecule has 35 heavy (non-hydrogen) atoms. The average Bonchev–Trinajstić information content (AvgIpc) is 3.29. The Morgan fingerprint density at radius 1 is 0.886 bits per heavy atom. The summed E-state index contributed by atoms with van der Waals surface area (Å²) in [5, 5.41) is 0.0621. The molecule has 1 aliphatic rings. The van der Waals surface area contributed by atoms with E-state index in [1.807, 2.05) is 48.5 Å². The summed E-state index contributed by atoms with van der Waals surface area (Å²) >= 11 is 1.51. The van der Waals surface area contributed by atoms with Crippen LogP contribution >= 0.6 is 11.8 Å². The lowest BCUT2D eigenvalue weighted by atomic mass is 10.1. The van der Waals surface area contributed by atoms with Crippen molar-refractivity contribution in [2.24, 2.45) is 0 Å². The van der Waals surface area contributed by atoms with Crippen molar-refractivity contribution in [1.29, 1.82) is 0 Å². The number of benzene rings is 3. The lowest BCUT2D eigenvalue weighted by Gasteiger charge is -2.25. The molecule has 0 radical (unpaired) electrons. The molecule has 0 saturated carbocycles. The van der Waals surface area contributed by atoms with Crippen molar-refractivity contribution in [3.8, 4) is 28.6 Å². The minimum absolute atomic E-state index is 0.0496. The van der Waals surface area contributed by atoms with Gasteiger partial charge in [0.2, 0.25) is 17.1 Å². The van der Waals surface area contributed by atoms with Gasteiger partial charge in [0.1, 0.15) is 11.0 Å². The van der Waals surface area contributed by atoms with E-state index in [-0.39, 0.29) is 22.5 Å². The number of anilines is 1. The number of nitrogens with zero attached hydrogens (tertiary/aromatic N) is 1. The zero-order chi connectivity index (χ0) is 24.5. The third-order valence-corrected chi connectivity index (χ3v) is 7.12. The molecule has 2 heterocycles. The van der Waals surface area contributed by atoms with E-state index in [1.54, 1.807) is 37.3 Å². The first-order chi connectivity index (χ1) is 17.0. The summed E-state index contributed by atoms with van der Waals surface area (Å²) < 4.78 is 22.3. The number of amides is 1. The Bertz CT molecular complexity index is 1470. The van der Waals surface area contributed by atoms with Crippen LogP contribution in [0.3, 0.4) is 0 Å². The molecule has 3 aromatic carbocycles. The van der Waals surface area contributed by atoms with Gasteiger partial charge in [-0.1, -0.05) is 36.4 Å². The van der Waals surface area contributed by atoms with Crippen LogP contribution in [0.5, 0.6) is 17.2 Å². The number of rotatable bonds is 6. The van der Waals surface area contributed by atoms with E-state index < -0.39 is 0 Å². The Morgan fingerprint density at radius 3 is 2.37 bits per heavy atom. The van der Waals surface area contributed by atoms with E-state index in [0.29, 0.717) is 39.7 Å². The SMILES string of the molecule is COc1ccc(C2SCC(=O)N2c2ccc3oc(-c4ccccc4)c(OC)c(=O)c3c2)cc1OC. The van der Waals surface area contributed by atoms with E-state index in [1.165, 1.54) is 18.9 Å². The lowest BCUT2D eigenvalue weighted by molar-refractivity contribution is -0.115. The first-order valence-electron chi connectivity index (χ1n) is 10.9. The van der Waals surface area contributed by atoms with Gasteiger partial charge < -0.3 is 18.6 Å². The van der Waals surface area contributed by atoms with E-state index in [9.17, 15) is 9.59 Å². The largest absolute Gasteiger partial charge is 0.493 e. The van der Waals surface area contributed by atoms with Crippen LogP contribution in [0, 0.1) is 0 Å². The maximum absolute atomic E-state index is 13.4. The smallest absolute Gasteiger partial charge is 0.238 e. The molecule has 1 amide bonds. The van der Waals surface area contributed by atoms with Gasteiger partial charge in [0, 0.05) is 11.3 Å². The van der Waals surface area contributed by atoms with Gasteiger partial charge in [-0.15, -0.1) is 11.8 Å². The molecule has 1 saturated heterocycles. The second-order valence-electron chi connectivity index (χ2n) is 7.88. The molecule has 1 aliphatic heterocycles. The van der Waals surface area contributed by atoms with E-state index in [0.717, 1.165) is 11.1 Å². The number of ether oxygens (including phenoxy) is 3. The Hall–Kier alpha value is -3.91. The number of hydrogen-bond donors (Lipinski definition) is 0. The molecule has 7 nitrogen and oxygen atoms in total. The highest BCUT2D eigenvalue weighted by atomic mass is 32.2. The summed E-state index contributed by atoms with van der Waals surface area (Å²) in [6, 6.07) is 20.1. The standard InChI is InChI=1S/C27H23NO6S/c1-31-21-11-9-17(13-22(21)32-2)27-28(23(29)15-35-27)18-10-12-20-19(14-18)24(30)26(33-3)25(34-20)16-7-5-4-6-8-16/h4-14,27H,15H2,1-3H3. The fourth-order valence-electron chi connectivity index (χ4n) is 4.24. The summed E-state index contributed by atoms with van der Waals surface area (Å²) in [7, 11) is 4.60. The first kappa shape index (κ1) is 22.9. The van der Waals surface area contributed by atoms with Crippen molar-refractivity contribution in [3.05, 3.63) is 82.5 Å². The minimum Gasteiger partial charge on any atom is -0.493 e. The Labute approximate surface area is 206 Å². The van der Waals surface area contributed by atoms with Gasteiger partial charge in [-0.2, -0.15) is 0 Å². The number of methoxy groups -OCH3 is 3. The predicted octanol–water partition coefficient (Wildman–Crippen LogP) is 5.26. The number of fused-ring (bicyclic) bond motifs is 1. The van der Waals surface area contributed by atoms with Crippen LogP contribution in [0.1, 0.15) is 10.9 Å². The van der Waals surface area contributed by atoms with Crippen LogP contribution < -0.4 is 24.5 Å². The van der Waals surface area contributed by atoms with Gasteiger partial charge in [-0.3, -0.25) is 14.5 Å². The monoisotopic (exact) mass is 489 g/mol. The van der Waals surface area contributed by atoms with Crippen LogP contribution in [-0.4, -0.2) is 33.0 Å². The zero-order valence-corrected chi connectivity index (χ0v) is 20.3. The van der Waals surface area contributed by atoms with Crippen molar-refractivity contribution in [2.45, 2.75) is 5.37 Å². The highest BCUT2D eigenvalue weighted by Gasteiger charge is 2.35. The molecule has 1 aromatic heterocycles. The van der Waals surface area contributed by atoms with Crippen molar-refractivity contribution < 1.29 is 23.4 Å². The Morgan fingerprint density at radius 2 is 1.66 bits per heavy atom. The van der Waals surface area contributed by atoms with Gasteiger partial charge in [0.25, 0.3) is 0 Å². The first-order valence-corrected chi connectivity index (χ1v) is 12.0.